The van der Waals surface area contributed by atoms with Gasteiger partial charge in [0.1, 0.15) is 5.75 Å². The first-order valence-corrected chi connectivity index (χ1v) is 7.91. The van der Waals surface area contributed by atoms with Crippen molar-refractivity contribution in [2.45, 2.75) is 40.5 Å². The van der Waals surface area contributed by atoms with Crippen molar-refractivity contribution in [3.63, 3.8) is 0 Å². The van der Waals surface area contributed by atoms with E-state index in [-0.39, 0.29) is 11.4 Å². The van der Waals surface area contributed by atoms with Crippen LogP contribution in [0.1, 0.15) is 40.5 Å². The zero-order valence-electron chi connectivity index (χ0n) is 14.9. The standard InChI is InChI=1S/C19H29NO3/c1-18(2,14-19(3,4)17(21)22-5)12-6-7-13-23-16-10-8-15(20)9-11-16/h6,8-12H,7,13-14,20H2,1-5H3/b12-6-. The minimum Gasteiger partial charge on any atom is -0.493 e. The number of carbonyl (C=O) groups excluding carboxylic acids is 1. The summed E-state index contributed by atoms with van der Waals surface area (Å²) in [6.07, 6.45) is 5.78. The van der Waals surface area contributed by atoms with Crippen molar-refractivity contribution in [1.29, 1.82) is 0 Å². The molecule has 0 heterocycles. The van der Waals surface area contributed by atoms with Gasteiger partial charge in [-0.05, 0) is 56.4 Å². The van der Waals surface area contributed by atoms with Gasteiger partial charge >= 0.3 is 5.97 Å². The van der Waals surface area contributed by atoms with Gasteiger partial charge in [-0.25, -0.2) is 0 Å². The Bertz CT molecular complexity index is 530. The Hall–Kier alpha value is -1.97. The summed E-state index contributed by atoms with van der Waals surface area (Å²) in [6, 6.07) is 7.37. The van der Waals surface area contributed by atoms with Crippen molar-refractivity contribution in [3.05, 3.63) is 36.4 Å². The number of allylic oxidation sites excluding steroid dienone is 1. The molecule has 23 heavy (non-hydrogen) atoms. The summed E-state index contributed by atoms with van der Waals surface area (Å²) >= 11 is 0. The van der Waals surface area contributed by atoms with Crippen LogP contribution in [0.25, 0.3) is 0 Å². The van der Waals surface area contributed by atoms with E-state index in [1.54, 1.807) is 0 Å². The molecule has 0 aliphatic heterocycles. The van der Waals surface area contributed by atoms with Gasteiger partial charge < -0.3 is 15.2 Å². The van der Waals surface area contributed by atoms with Gasteiger partial charge in [0.05, 0.1) is 19.1 Å². The first kappa shape index (κ1) is 19.1. The van der Waals surface area contributed by atoms with Crippen LogP contribution in [0, 0.1) is 10.8 Å². The molecule has 4 nitrogen and oxygen atoms in total. The molecule has 0 aromatic heterocycles. The third kappa shape index (κ3) is 6.76. The van der Waals surface area contributed by atoms with Gasteiger partial charge in [-0.3, -0.25) is 4.79 Å². The summed E-state index contributed by atoms with van der Waals surface area (Å²) in [5, 5.41) is 0. The fraction of sp³-hybridized carbons (Fsp3) is 0.526. The van der Waals surface area contributed by atoms with E-state index in [4.69, 9.17) is 15.2 Å². The van der Waals surface area contributed by atoms with Gasteiger partial charge in [0.2, 0.25) is 0 Å². The van der Waals surface area contributed by atoms with Crippen LogP contribution in [0.4, 0.5) is 5.69 Å². The zero-order valence-corrected chi connectivity index (χ0v) is 14.9. The Morgan fingerprint density at radius 1 is 1.17 bits per heavy atom. The van der Waals surface area contributed by atoms with Crippen molar-refractivity contribution in [2.24, 2.45) is 10.8 Å². The monoisotopic (exact) mass is 319 g/mol. The number of methoxy groups -OCH3 is 1. The van der Waals surface area contributed by atoms with E-state index >= 15 is 0 Å². The molecule has 0 saturated carbocycles. The molecule has 0 atom stereocenters. The Labute approximate surface area is 139 Å². The molecule has 0 fully saturated rings. The van der Waals surface area contributed by atoms with Crippen molar-refractivity contribution in [2.75, 3.05) is 19.5 Å². The molecule has 0 radical (unpaired) electrons. The minimum absolute atomic E-state index is 0.0844. The van der Waals surface area contributed by atoms with Gasteiger partial charge in [0, 0.05) is 5.69 Å². The largest absolute Gasteiger partial charge is 0.493 e. The molecule has 1 aromatic carbocycles. The third-order valence-corrected chi connectivity index (χ3v) is 3.64. The maximum Gasteiger partial charge on any atom is 0.311 e. The lowest BCUT2D eigenvalue weighted by atomic mass is 9.75. The van der Waals surface area contributed by atoms with Crippen molar-refractivity contribution < 1.29 is 14.3 Å². The predicted molar refractivity (Wildman–Crippen MR) is 94.3 cm³/mol. The molecule has 0 aliphatic rings. The SMILES string of the molecule is COC(=O)C(C)(C)CC(C)(C)/C=C\CCOc1ccc(N)cc1. The summed E-state index contributed by atoms with van der Waals surface area (Å²) in [4.78, 5) is 11.8. The average Bonchev–Trinajstić information content (AvgIpc) is 2.46. The number of nitrogens with two attached hydrogens (primary N) is 1. The summed E-state index contributed by atoms with van der Waals surface area (Å²) in [5.41, 5.74) is 5.78. The lowest BCUT2D eigenvalue weighted by Crippen LogP contribution is -2.30. The highest BCUT2D eigenvalue weighted by Crippen LogP contribution is 2.35. The Kier molecular flexibility index (Phi) is 6.67. The third-order valence-electron chi connectivity index (χ3n) is 3.64. The predicted octanol–water partition coefficient (Wildman–Crippen LogP) is 4.21. The molecule has 2 N–H and O–H groups in total. The van der Waals surface area contributed by atoms with Crippen LogP contribution in [0.3, 0.4) is 0 Å². The van der Waals surface area contributed by atoms with Crippen LogP contribution in [-0.2, 0) is 9.53 Å². The second-order valence-corrected chi connectivity index (χ2v) is 7.15. The van der Waals surface area contributed by atoms with Crippen molar-refractivity contribution in [3.8, 4) is 5.75 Å². The molecular formula is C19H29NO3. The van der Waals surface area contributed by atoms with E-state index in [9.17, 15) is 4.79 Å². The van der Waals surface area contributed by atoms with Gasteiger partial charge in [-0.15, -0.1) is 0 Å². The number of anilines is 1. The fourth-order valence-corrected chi connectivity index (χ4v) is 2.76. The topological polar surface area (TPSA) is 61.5 Å². The second-order valence-electron chi connectivity index (χ2n) is 7.15. The molecule has 0 saturated heterocycles. The number of hydrogen-bond donors (Lipinski definition) is 1. The van der Waals surface area contributed by atoms with Crippen LogP contribution in [0.15, 0.2) is 36.4 Å². The summed E-state index contributed by atoms with van der Waals surface area (Å²) < 4.78 is 10.5. The van der Waals surface area contributed by atoms with E-state index < -0.39 is 5.41 Å². The van der Waals surface area contributed by atoms with Gasteiger partial charge in [0.15, 0.2) is 0 Å². The molecule has 1 aromatic rings. The van der Waals surface area contributed by atoms with Crippen molar-refractivity contribution in [1.82, 2.24) is 0 Å². The maximum absolute atomic E-state index is 11.8. The van der Waals surface area contributed by atoms with Crippen molar-refractivity contribution >= 4 is 11.7 Å². The maximum atomic E-state index is 11.8. The number of benzene rings is 1. The Morgan fingerprint density at radius 3 is 2.35 bits per heavy atom. The Balaban J connectivity index is 2.43. The molecule has 0 unspecified atom stereocenters. The first-order valence-electron chi connectivity index (χ1n) is 7.91. The number of nitrogen functional groups attached to an aromatic ring is 1. The van der Waals surface area contributed by atoms with Gasteiger partial charge in [0.25, 0.3) is 0 Å². The number of carbonyl (C=O) groups is 1. The van der Waals surface area contributed by atoms with Crippen LogP contribution in [0.2, 0.25) is 0 Å². The van der Waals surface area contributed by atoms with Gasteiger partial charge in [-0.2, -0.15) is 0 Å². The van der Waals surface area contributed by atoms with Crippen LogP contribution < -0.4 is 10.5 Å². The summed E-state index contributed by atoms with van der Waals surface area (Å²) in [7, 11) is 1.43. The molecule has 128 valence electrons. The Morgan fingerprint density at radius 2 is 1.78 bits per heavy atom. The molecule has 0 spiro atoms. The molecular weight excluding hydrogens is 290 g/mol. The average molecular weight is 319 g/mol. The minimum atomic E-state index is -0.497. The number of ether oxygens (including phenoxy) is 2. The summed E-state index contributed by atoms with van der Waals surface area (Å²) in [5.74, 6) is 0.643. The molecule has 1 rings (SSSR count). The van der Waals surface area contributed by atoms with E-state index in [1.165, 1.54) is 7.11 Å². The first-order chi connectivity index (χ1) is 10.7. The van der Waals surface area contributed by atoms with Crippen LogP contribution in [-0.4, -0.2) is 19.7 Å². The zero-order chi connectivity index (χ0) is 17.5. The lowest BCUT2D eigenvalue weighted by molar-refractivity contribution is -0.152. The van der Waals surface area contributed by atoms with E-state index in [2.05, 4.69) is 26.0 Å². The normalized spacial score (nSPS) is 12.4. The quantitative estimate of drug-likeness (QED) is 0.337. The molecule has 0 aliphatic carbocycles. The molecule has 0 bridgehead atoms. The van der Waals surface area contributed by atoms with Crippen LogP contribution >= 0.6 is 0 Å². The smallest absolute Gasteiger partial charge is 0.311 e. The van der Waals surface area contributed by atoms with E-state index in [0.29, 0.717) is 6.61 Å². The molecule has 4 heteroatoms. The fourth-order valence-electron chi connectivity index (χ4n) is 2.76. The summed E-state index contributed by atoms with van der Waals surface area (Å²) in [6.45, 7) is 8.68. The number of esters is 1. The highest BCUT2D eigenvalue weighted by atomic mass is 16.5. The lowest BCUT2D eigenvalue weighted by Gasteiger charge is -2.30. The van der Waals surface area contributed by atoms with Gasteiger partial charge in [-0.1, -0.05) is 26.0 Å². The van der Waals surface area contributed by atoms with E-state index in [0.717, 1.165) is 24.3 Å². The van der Waals surface area contributed by atoms with Crippen LogP contribution in [0.5, 0.6) is 5.75 Å². The second kappa shape index (κ2) is 8.04. The highest BCUT2D eigenvalue weighted by Gasteiger charge is 2.34. The molecule has 0 amide bonds. The number of hydrogen-bond acceptors (Lipinski definition) is 4. The van der Waals surface area contributed by atoms with E-state index in [1.807, 2.05) is 38.1 Å². The number of rotatable bonds is 8. The highest BCUT2D eigenvalue weighted by molar-refractivity contribution is 5.75.